The minimum absolute atomic E-state index is 0.238. The highest BCUT2D eigenvalue weighted by Gasteiger charge is 2.62. The van der Waals surface area contributed by atoms with Gasteiger partial charge in [-0.1, -0.05) is 206 Å². The normalized spacial score (nSPS) is 22.0. The average Bonchev–Trinajstić information content (AvgIpc) is 3.89. The van der Waals surface area contributed by atoms with E-state index in [2.05, 4.69) is 34.4 Å². The minimum Gasteiger partial charge on any atom is -0.390 e. The lowest BCUT2D eigenvalue weighted by Crippen LogP contribution is -2.58. The molecule has 0 amide bonds. The van der Waals surface area contributed by atoms with Gasteiger partial charge < -0.3 is 45.2 Å². The molecule has 0 bridgehead atoms. The second kappa shape index (κ2) is 34.8. The molecule has 2 aliphatic rings. The van der Waals surface area contributed by atoms with Crippen molar-refractivity contribution in [3.8, 4) is 0 Å². The van der Waals surface area contributed by atoms with Gasteiger partial charge in [0.1, 0.15) is 42.1 Å². The van der Waals surface area contributed by atoms with E-state index in [0.29, 0.717) is 18.9 Å². The molecule has 4 heterocycles. The molecule has 73 heavy (non-hydrogen) atoms. The number of unbranched alkanes of at least 4 members (excludes halogenated alkanes) is 30. The maximum atomic E-state index is 15.4. The monoisotopic (exact) mass is 1050 g/mol. The first kappa shape index (κ1) is 62.7. The number of aliphatic hydroxyl groups excluding tert-OH is 3. The van der Waals surface area contributed by atoms with Gasteiger partial charge in [-0.3, -0.25) is 13.7 Å². The second-order valence-corrected chi connectivity index (χ2v) is 22.3. The van der Waals surface area contributed by atoms with Crippen LogP contribution in [0.15, 0.2) is 28.0 Å². The van der Waals surface area contributed by atoms with E-state index in [1.165, 1.54) is 173 Å². The Bertz CT molecular complexity index is 1980. The van der Waals surface area contributed by atoms with Crippen LogP contribution in [-0.4, -0.2) is 93.4 Å². The first-order valence-corrected chi connectivity index (χ1v) is 30.2. The van der Waals surface area contributed by atoms with E-state index in [9.17, 15) is 39.3 Å². The molecule has 0 radical (unpaired) electrons. The molecule has 2 aromatic rings. The van der Waals surface area contributed by atoms with Crippen LogP contribution in [0, 0.1) is 5.82 Å². The zero-order valence-electron chi connectivity index (χ0n) is 44.8. The average molecular weight is 1060 g/mol. The molecular weight excluding hydrogens is 959 g/mol. The van der Waals surface area contributed by atoms with Gasteiger partial charge in [0.05, 0.1) is 12.3 Å². The van der Waals surface area contributed by atoms with Crippen LogP contribution < -0.4 is 22.0 Å². The molecule has 420 valence electrons. The fourth-order valence-corrected chi connectivity index (χ4v) is 11.2. The molecule has 17 nitrogen and oxygen atoms in total. The van der Waals surface area contributed by atoms with E-state index in [1.807, 2.05) is 0 Å². The van der Waals surface area contributed by atoms with Crippen molar-refractivity contribution >= 4 is 19.5 Å². The van der Waals surface area contributed by atoms with Gasteiger partial charge in [-0.05, 0) is 25.8 Å². The van der Waals surface area contributed by atoms with Gasteiger partial charge in [0.2, 0.25) is 0 Å². The highest BCUT2D eigenvalue weighted by atomic mass is 31.2. The number of aromatic nitrogens is 4. The predicted octanol–water partition coefficient (Wildman–Crippen LogP) is 11.1. The van der Waals surface area contributed by atoms with Crippen molar-refractivity contribution in [3.63, 3.8) is 0 Å². The molecule has 0 spiro atoms. The van der Waals surface area contributed by atoms with Crippen molar-refractivity contribution in [2.24, 2.45) is 0 Å². The molecular formula is C54H96FN6O11P. The number of halogens is 1. The minimum atomic E-state index is -5.46. The number of phosphoric ester groups is 1. The van der Waals surface area contributed by atoms with Crippen LogP contribution in [-0.2, 0) is 18.6 Å². The largest absolute Gasteiger partial charge is 0.470 e. The van der Waals surface area contributed by atoms with Crippen LogP contribution in [0.2, 0.25) is 0 Å². The number of rotatable bonds is 42. The Kier molecular flexibility index (Phi) is 29.9. The smallest absolute Gasteiger partial charge is 0.390 e. The summed E-state index contributed by atoms with van der Waals surface area (Å²) in [5.41, 5.74) is -4.16. The Hall–Kier alpha value is -2.80. The van der Waals surface area contributed by atoms with Crippen molar-refractivity contribution in [1.82, 2.24) is 19.1 Å². The predicted molar refractivity (Wildman–Crippen MR) is 285 cm³/mol. The molecule has 0 aliphatic carbocycles. The van der Waals surface area contributed by atoms with Gasteiger partial charge in [-0.15, -0.1) is 0 Å². The van der Waals surface area contributed by atoms with E-state index in [4.69, 9.17) is 14.0 Å². The molecule has 8 atom stereocenters. The number of nitrogens with one attached hydrogen (secondary N) is 2. The van der Waals surface area contributed by atoms with Crippen molar-refractivity contribution in [2.75, 3.05) is 23.7 Å². The molecule has 8 unspecified atom stereocenters. The summed E-state index contributed by atoms with van der Waals surface area (Å²) in [5.74, 6) is -0.790. The number of hydrogen-bond acceptors (Lipinski definition) is 13. The summed E-state index contributed by atoms with van der Waals surface area (Å²) >= 11 is 0. The third-order valence-electron chi connectivity index (χ3n) is 14.8. The number of hydrogen-bond donors (Lipinski definition) is 7. The summed E-state index contributed by atoms with van der Waals surface area (Å²) in [5, 5.41) is 39.9. The number of anilines is 2. The fourth-order valence-electron chi connectivity index (χ4n) is 10.5. The first-order chi connectivity index (χ1) is 35.2. The van der Waals surface area contributed by atoms with Gasteiger partial charge in [0.15, 0.2) is 17.9 Å². The highest BCUT2D eigenvalue weighted by molar-refractivity contribution is 7.46. The third kappa shape index (κ3) is 22.4. The third-order valence-corrected chi connectivity index (χ3v) is 15.4. The number of nitrogens with zero attached hydrogens (tertiary/aromatic N) is 4. The lowest BCUT2D eigenvalue weighted by Gasteiger charge is -2.41. The van der Waals surface area contributed by atoms with E-state index < -0.39 is 73.6 Å². The Morgan fingerprint density at radius 2 is 1.05 bits per heavy atom. The number of ether oxygens (including phenoxy) is 2. The second-order valence-electron chi connectivity index (χ2n) is 21.1. The Balaban J connectivity index is 1.20. The fraction of sp³-hybridized carbons (Fsp3) is 0.852. The van der Waals surface area contributed by atoms with Gasteiger partial charge in [0.25, 0.3) is 0 Å². The van der Waals surface area contributed by atoms with Crippen LogP contribution >= 0.6 is 7.82 Å². The zero-order chi connectivity index (χ0) is 52.9. The van der Waals surface area contributed by atoms with Crippen molar-refractivity contribution < 1.29 is 48.1 Å². The quantitative estimate of drug-likeness (QED) is 0.0242. The standard InChI is InChI=1S/C54H96FN6O11P/c1-4-6-8-10-12-14-16-18-20-22-24-26-28-30-32-34-37-56-44-36-39-60(52(65)58-44)51-47(64)46(63)49(71-51)54(3,72-73(67,68)69)48-43(62)40-45(70-48)61-41-42(55)50(59-53(61)66)57-38-35-33-31-29-27-25-23-21-19-17-15-13-11-9-7-5-2/h36,39,41,43,45-49,51,62-64H,4-35,37-38,40H2,1-3H3,(H,56,58,65)(H,57,59,66)(H2,67,68,69). The maximum absolute atomic E-state index is 15.4. The van der Waals surface area contributed by atoms with Crippen molar-refractivity contribution in [2.45, 2.75) is 281 Å². The Morgan fingerprint density at radius 3 is 1.49 bits per heavy atom. The number of aliphatic hydroxyl groups is 3. The van der Waals surface area contributed by atoms with Crippen LogP contribution in [0.3, 0.4) is 0 Å². The van der Waals surface area contributed by atoms with Crippen molar-refractivity contribution in [1.29, 1.82) is 0 Å². The molecule has 0 saturated carbocycles. The highest BCUT2D eigenvalue weighted by Crippen LogP contribution is 2.51. The molecule has 7 N–H and O–H groups in total. The lowest BCUT2D eigenvalue weighted by atomic mass is 9.86. The molecule has 2 fully saturated rings. The Labute approximate surface area is 435 Å². The summed E-state index contributed by atoms with van der Waals surface area (Å²) in [7, 11) is -5.46. The van der Waals surface area contributed by atoms with Crippen LogP contribution in [0.25, 0.3) is 0 Å². The molecule has 2 aliphatic heterocycles. The van der Waals surface area contributed by atoms with Gasteiger partial charge in [0, 0.05) is 25.7 Å². The van der Waals surface area contributed by atoms with Gasteiger partial charge in [-0.25, -0.2) is 18.5 Å². The maximum Gasteiger partial charge on any atom is 0.470 e. The molecule has 2 aromatic heterocycles. The number of phosphoric acid groups is 1. The molecule has 0 aromatic carbocycles. The van der Waals surface area contributed by atoms with Crippen LogP contribution in [0.4, 0.5) is 16.0 Å². The van der Waals surface area contributed by atoms with E-state index in [0.717, 1.165) is 67.2 Å². The van der Waals surface area contributed by atoms with E-state index in [-0.39, 0.29) is 12.2 Å². The first-order valence-electron chi connectivity index (χ1n) is 28.7. The lowest BCUT2D eigenvalue weighted by molar-refractivity contribution is -0.198. The van der Waals surface area contributed by atoms with E-state index >= 15 is 4.39 Å². The molecule has 4 rings (SSSR count). The molecule has 19 heteroatoms. The summed E-state index contributed by atoms with van der Waals surface area (Å²) < 4.78 is 46.8. The van der Waals surface area contributed by atoms with Crippen LogP contribution in [0.1, 0.15) is 245 Å². The van der Waals surface area contributed by atoms with Gasteiger partial charge >= 0.3 is 19.2 Å². The zero-order valence-corrected chi connectivity index (χ0v) is 45.7. The summed E-state index contributed by atoms with van der Waals surface area (Å²) in [6.07, 6.45) is 29.8. The SMILES string of the molecule is CCCCCCCCCCCCCCCCCCNc1ccn(C2OC(C(C)(OP(=O)(O)O)C3OC(n4cc(F)c(NCCCCCCCCCCCCCCCCCC)nc4=O)CC3O)C(O)C2O)c(=O)n1. The summed E-state index contributed by atoms with van der Waals surface area (Å²) in [6.45, 7) is 6.60. The van der Waals surface area contributed by atoms with E-state index in [1.54, 1.807) is 0 Å². The molecule has 2 saturated heterocycles. The van der Waals surface area contributed by atoms with Crippen molar-refractivity contribution in [3.05, 3.63) is 45.2 Å². The Morgan fingerprint density at radius 1 is 0.630 bits per heavy atom. The van der Waals surface area contributed by atoms with Gasteiger partial charge in [-0.2, -0.15) is 9.97 Å². The topological polar surface area (TPSA) is 240 Å². The summed E-state index contributed by atoms with van der Waals surface area (Å²) in [4.78, 5) is 54.6. The summed E-state index contributed by atoms with van der Waals surface area (Å²) in [6, 6.07) is 1.51. The van der Waals surface area contributed by atoms with Crippen LogP contribution in [0.5, 0.6) is 0 Å².